The molecule has 0 spiro atoms. The van der Waals surface area contributed by atoms with Crippen LogP contribution in [0.25, 0.3) is 22.3 Å². The Kier molecular flexibility index (Phi) is 5.04. The van der Waals surface area contributed by atoms with Crippen molar-refractivity contribution in [2.75, 3.05) is 26.5 Å². The van der Waals surface area contributed by atoms with Gasteiger partial charge in [-0.25, -0.2) is 9.97 Å². The summed E-state index contributed by atoms with van der Waals surface area (Å²) in [6.45, 7) is 1.62. The van der Waals surface area contributed by atoms with Gasteiger partial charge >= 0.3 is 0 Å². The number of amides is 2. The van der Waals surface area contributed by atoms with Crippen LogP contribution in [-0.2, 0) is 4.79 Å². The van der Waals surface area contributed by atoms with E-state index < -0.39 is 5.60 Å². The van der Waals surface area contributed by atoms with Crippen molar-refractivity contribution >= 4 is 22.8 Å². The number of fused-ring (bicyclic) bond motifs is 2. The van der Waals surface area contributed by atoms with Crippen LogP contribution in [0.15, 0.2) is 24.7 Å². The highest BCUT2D eigenvalue weighted by Gasteiger charge is 2.51. The third-order valence-corrected chi connectivity index (χ3v) is 7.55. The van der Waals surface area contributed by atoms with E-state index in [0.29, 0.717) is 90.0 Å². The first kappa shape index (κ1) is 22.3. The topological polar surface area (TPSA) is 139 Å². The van der Waals surface area contributed by atoms with Crippen LogP contribution in [0.2, 0.25) is 0 Å². The predicted octanol–water partition coefficient (Wildman–Crippen LogP) is 2.00. The van der Waals surface area contributed by atoms with Gasteiger partial charge in [-0.1, -0.05) is 0 Å². The van der Waals surface area contributed by atoms with Crippen LogP contribution in [0.5, 0.6) is 17.2 Å². The summed E-state index contributed by atoms with van der Waals surface area (Å²) >= 11 is 0. The van der Waals surface area contributed by atoms with Gasteiger partial charge in [0.1, 0.15) is 28.9 Å². The van der Waals surface area contributed by atoms with Crippen molar-refractivity contribution < 1.29 is 28.9 Å². The lowest BCUT2D eigenvalue weighted by Crippen LogP contribution is -2.42. The molecule has 2 amide bonds. The van der Waals surface area contributed by atoms with E-state index in [2.05, 4.69) is 20.3 Å². The van der Waals surface area contributed by atoms with Crippen molar-refractivity contribution in [1.29, 1.82) is 0 Å². The van der Waals surface area contributed by atoms with E-state index >= 15 is 0 Å². The van der Waals surface area contributed by atoms with E-state index in [1.165, 1.54) is 19.2 Å². The first-order valence-electron chi connectivity index (χ1n) is 12.7. The Morgan fingerprint density at radius 1 is 1.22 bits per heavy atom. The van der Waals surface area contributed by atoms with E-state index in [0.717, 1.165) is 0 Å². The number of likely N-dealkylation sites (tertiary alicyclic amines) is 1. The average molecular weight is 506 g/mol. The number of H-pyrrole nitrogens is 1. The van der Waals surface area contributed by atoms with Gasteiger partial charge < -0.3 is 34.5 Å². The molecule has 1 saturated heterocycles. The number of aliphatic hydroxyl groups is 1. The highest BCUT2D eigenvalue weighted by molar-refractivity contribution is 6.08. The molecule has 2 saturated carbocycles. The summed E-state index contributed by atoms with van der Waals surface area (Å²) in [5.41, 5.74) is 1.48. The van der Waals surface area contributed by atoms with Crippen molar-refractivity contribution in [3.05, 3.63) is 30.2 Å². The number of hydrogen-bond acceptors (Lipinski definition) is 8. The van der Waals surface area contributed by atoms with Crippen LogP contribution in [0.3, 0.4) is 0 Å². The molecule has 3 fully saturated rings. The molecule has 0 unspecified atom stereocenters. The second-order valence-electron chi connectivity index (χ2n) is 10.3. The average Bonchev–Trinajstić information content (AvgIpc) is 3.68. The molecule has 2 aromatic heterocycles. The first-order chi connectivity index (χ1) is 18.0. The van der Waals surface area contributed by atoms with Gasteiger partial charge in [0.25, 0.3) is 11.8 Å². The minimum atomic E-state index is -1.20. The quantitative estimate of drug-likeness (QED) is 0.443. The molecular weight excluding hydrogens is 478 g/mol. The second kappa shape index (κ2) is 8.34. The molecule has 4 aliphatic rings. The minimum Gasteiger partial charge on any atom is -0.492 e. The largest absolute Gasteiger partial charge is 0.492 e. The molecule has 37 heavy (non-hydrogen) atoms. The first-order valence-corrected chi connectivity index (χ1v) is 12.7. The Morgan fingerprint density at radius 2 is 2.08 bits per heavy atom. The Morgan fingerprint density at radius 3 is 2.89 bits per heavy atom. The number of rotatable bonds is 7. The molecule has 2 aliphatic carbocycles. The predicted molar refractivity (Wildman–Crippen MR) is 130 cm³/mol. The lowest BCUT2D eigenvalue weighted by molar-refractivity contribution is -0.141. The normalized spacial score (nSPS) is 21.3. The molecule has 2 aliphatic heterocycles. The SMILES string of the molecule is O=C(N[C@@H]1CCN(C(=O)C2(O)CC2)C1)c1c[nH]c2c(-c3c(OCC4CC4)ccc4c3OCO4)ncnc12. The van der Waals surface area contributed by atoms with Gasteiger partial charge in [-0.05, 0) is 50.2 Å². The number of benzene rings is 1. The molecule has 4 heterocycles. The second-order valence-corrected chi connectivity index (χ2v) is 10.3. The third kappa shape index (κ3) is 3.93. The molecule has 1 aromatic carbocycles. The van der Waals surface area contributed by atoms with Gasteiger partial charge in [0.05, 0.1) is 23.3 Å². The number of carbonyl (C=O) groups excluding carboxylic acids is 2. The van der Waals surface area contributed by atoms with Crippen LogP contribution in [0, 0.1) is 5.92 Å². The molecule has 11 heteroatoms. The molecule has 0 bridgehead atoms. The summed E-state index contributed by atoms with van der Waals surface area (Å²) in [6, 6.07) is 3.49. The van der Waals surface area contributed by atoms with Crippen molar-refractivity contribution in [3.8, 4) is 28.5 Å². The van der Waals surface area contributed by atoms with Gasteiger partial charge in [-0.3, -0.25) is 9.59 Å². The third-order valence-electron chi connectivity index (χ3n) is 7.55. The number of nitrogens with zero attached hydrogens (tertiary/aromatic N) is 3. The zero-order valence-electron chi connectivity index (χ0n) is 20.2. The van der Waals surface area contributed by atoms with Crippen molar-refractivity contribution in [2.45, 2.75) is 43.7 Å². The maximum Gasteiger partial charge on any atom is 0.255 e. The van der Waals surface area contributed by atoms with Gasteiger partial charge in [-0.15, -0.1) is 0 Å². The van der Waals surface area contributed by atoms with Gasteiger partial charge in [0.2, 0.25) is 6.79 Å². The molecule has 3 aromatic rings. The monoisotopic (exact) mass is 505 g/mol. The van der Waals surface area contributed by atoms with Gasteiger partial charge in [0, 0.05) is 25.3 Å². The maximum atomic E-state index is 13.2. The maximum absolute atomic E-state index is 13.2. The van der Waals surface area contributed by atoms with Crippen molar-refractivity contribution in [2.24, 2.45) is 5.92 Å². The molecule has 1 atom stereocenters. The summed E-state index contributed by atoms with van der Waals surface area (Å²) in [5, 5.41) is 13.2. The number of aromatic nitrogens is 3. The molecule has 11 nitrogen and oxygen atoms in total. The fourth-order valence-electron chi connectivity index (χ4n) is 5.05. The molecule has 192 valence electrons. The van der Waals surface area contributed by atoms with Crippen LogP contribution < -0.4 is 19.5 Å². The van der Waals surface area contributed by atoms with Crippen LogP contribution in [0.1, 0.15) is 42.5 Å². The van der Waals surface area contributed by atoms with E-state index in [4.69, 9.17) is 14.2 Å². The fraction of sp³-hybridized carbons (Fsp3) is 0.462. The van der Waals surface area contributed by atoms with Crippen LogP contribution >= 0.6 is 0 Å². The van der Waals surface area contributed by atoms with E-state index in [-0.39, 0.29) is 24.6 Å². The van der Waals surface area contributed by atoms with Crippen LogP contribution in [0.4, 0.5) is 0 Å². The molecule has 7 rings (SSSR count). The van der Waals surface area contributed by atoms with E-state index in [1.54, 1.807) is 11.1 Å². The van der Waals surface area contributed by atoms with E-state index in [9.17, 15) is 14.7 Å². The standard InChI is InChI=1S/C26H27N5O6/c32-24(30-15-5-8-31(10-15)25(33)26(34)6-7-26)16-9-27-22-20(16)28-12-29-21(22)19-17(35-11-14-1-2-14)3-4-18-23(19)37-13-36-18/h3-4,9,12,14-15,27,34H,1-2,5-8,10-11,13H2,(H,30,32)/t15-/m1/s1. The highest BCUT2D eigenvalue weighted by Crippen LogP contribution is 2.48. The number of hydrogen-bond donors (Lipinski definition) is 3. The lowest BCUT2D eigenvalue weighted by atomic mass is 10.1. The van der Waals surface area contributed by atoms with E-state index in [1.807, 2.05) is 12.1 Å². The fourth-order valence-corrected chi connectivity index (χ4v) is 5.05. The smallest absolute Gasteiger partial charge is 0.255 e. The zero-order valence-corrected chi connectivity index (χ0v) is 20.2. The van der Waals surface area contributed by atoms with Crippen LogP contribution in [-0.4, -0.2) is 74.9 Å². The summed E-state index contributed by atoms with van der Waals surface area (Å²) in [4.78, 5) is 39.4. The summed E-state index contributed by atoms with van der Waals surface area (Å²) in [7, 11) is 0. The van der Waals surface area contributed by atoms with Crippen molar-refractivity contribution in [3.63, 3.8) is 0 Å². The minimum absolute atomic E-state index is 0.110. The Balaban J connectivity index is 1.16. The highest BCUT2D eigenvalue weighted by atomic mass is 16.7. The number of carbonyl (C=O) groups is 2. The number of nitrogens with one attached hydrogen (secondary N) is 2. The Bertz CT molecular complexity index is 1410. The number of aromatic amines is 1. The molecule has 0 radical (unpaired) electrons. The van der Waals surface area contributed by atoms with Gasteiger partial charge in [0.15, 0.2) is 11.5 Å². The summed E-state index contributed by atoms with van der Waals surface area (Å²) in [6.07, 6.45) is 7.02. The summed E-state index contributed by atoms with van der Waals surface area (Å²) in [5.74, 6) is 1.85. The Hall–Kier alpha value is -3.86. The molecule has 3 N–H and O–H groups in total. The Labute approximate surface area is 212 Å². The summed E-state index contributed by atoms with van der Waals surface area (Å²) < 4.78 is 17.5. The zero-order chi connectivity index (χ0) is 25.1. The lowest BCUT2D eigenvalue weighted by Gasteiger charge is -2.20. The van der Waals surface area contributed by atoms with Crippen molar-refractivity contribution in [1.82, 2.24) is 25.2 Å². The molecular formula is C26H27N5O6. The van der Waals surface area contributed by atoms with Gasteiger partial charge in [-0.2, -0.15) is 0 Å². The number of ether oxygens (including phenoxy) is 3.